The molecule has 2 heterocycles. The number of carbonyl (C=O) groups is 2. The molecular weight excluding hydrogens is 402 g/mol. The molecule has 1 aromatic heterocycles. The largest absolute Gasteiger partial charge is 0.464 e. The van der Waals surface area contributed by atoms with Crippen LogP contribution in [0.5, 0.6) is 11.5 Å². The van der Waals surface area contributed by atoms with Crippen LogP contribution in [-0.2, 0) is 9.59 Å². The molecule has 1 saturated heterocycles. The highest BCUT2D eigenvalue weighted by Crippen LogP contribution is 2.38. The summed E-state index contributed by atoms with van der Waals surface area (Å²) in [6.45, 7) is 0. The third-order valence-electron chi connectivity index (χ3n) is 6.13. The first kappa shape index (κ1) is 18.6. The zero-order valence-corrected chi connectivity index (χ0v) is 17.1. The number of rotatable bonds is 3. The number of fused-ring (bicyclic) bond motifs is 4. The molecule has 5 nitrogen and oxygen atoms in total. The van der Waals surface area contributed by atoms with Crippen LogP contribution in [0.4, 0.5) is 0 Å². The van der Waals surface area contributed by atoms with Crippen LogP contribution in [-0.4, -0.2) is 11.8 Å². The lowest BCUT2D eigenvalue weighted by Gasteiger charge is -2.20. The highest BCUT2D eigenvalue weighted by Gasteiger charge is 2.31. The lowest BCUT2D eigenvalue weighted by Crippen LogP contribution is -2.39. The van der Waals surface area contributed by atoms with Crippen LogP contribution >= 0.6 is 0 Å². The van der Waals surface area contributed by atoms with Crippen molar-refractivity contribution in [1.82, 2.24) is 5.32 Å². The van der Waals surface area contributed by atoms with Gasteiger partial charge >= 0.3 is 0 Å². The van der Waals surface area contributed by atoms with E-state index in [0.29, 0.717) is 12.8 Å². The van der Waals surface area contributed by atoms with Gasteiger partial charge in [-0.15, -0.1) is 0 Å². The number of piperidine rings is 1. The van der Waals surface area contributed by atoms with Crippen molar-refractivity contribution in [1.29, 1.82) is 0 Å². The van der Waals surface area contributed by atoms with Crippen molar-refractivity contribution in [2.24, 2.45) is 0 Å². The van der Waals surface area contributed by atoms with Crippen molar-refractivity contribution in [3.8, 4) is 11.5 Å². The van der Waals surface area contributed by atoms with E-state index in [1.807, 2.05) is 60.7 Å². The summed E-state index contributed by atoms with van der Waals surface area (Å²) in [7, 11) is 0. The molecular formula is C27H19NO4. The number of nitrogens with one attached hydrogen (secondary N) is 1. The molecule has 0 aliphatic carbocycles. The first-order valence-corrected chi connectivity index (χ1v) is 10.6. The molecule has 6 rings (SSSR count). The van der Waals surface area contributed by atoms with Crippen LogP contribution in [0.15, 0.2) is 83.5 Å². The van der Waals surface area contributed by atoms with Gasteiger partial charge in [-0.1, -0.05) is 36.4 Å². The van der Waals surface area contributed by atoms with Gasteiger partial charge < -0.3 is 9.15 Å². The van der Waals surface area contributed by atoms with E-state index < -0.39 is 5.92 Å². The Labute approximate surface area is 183 Å². The molecule has 0 bridgehead atoms. The topological polar surface area (TPSA) is 68.5 Å². The van der Waals surface area contributed by atoms with Crippen molar-refractivity contribution >= 4 is 44.3 Å². The highest BCUT2D eigenvalue weighted by atomic mass is 16.5. The fourth-order valence-corrected chi connectivity index (χ4v) is 4.55. The summed E-state index contributed by atoms with van der Waals surface area (Å²) < 4.78 is 11.9. The van der Waals surface area contributed by atoms with E-state index in [9.17, 15) is 9.59 Å². The Bertz CT molecular complexity index is 1530. The van der Waals surface area contributed by atoms with Crippen LogP contribution in [0.25, 0.3) is 32.5 Å². The number of furan rings is 1. The Hall–Kier alpha value is -4.12. The second kappa shape index (κ2) is 7.24. The van der Waals surface area contributed by atoms with Gasteiger partial charge in [0.25, 0.3) is 0 Å². The summed E-state index contributed by atoms with van der Waals surface area (Å²) in [6, 6.07) is 24.0. The van der Waals surface area contributed by atoms with Gasteiger partial charge in [0.05, 0.1) is 12.2 Å². The van der Waals surface area contributed by atoms with Gasteiger partial charge in [0.1, 0.15) is 17.1 Å². The Morgan fingerprint density at radius 3 is 2.44 bits per heavy atom. The first-order chi connectivity index (χ1) is 15.7. The zero-order valence-electron chi connectivity index (χ0n) is 17.1. The number of hydrogen-bond donors (Lipinski definition) is 1. The molecule has 0 spiro atoms. The molecule has 1 aliphatic heterocycles. The molecule has 0 saturated carbocycles. The van der Waals surface area contributed by atoms with Crippen molar-refractivity contribution in [3.05, 3.63) is 84.6 Å². The Kier molecular flexibility index (Phi) is 4.21. The second-order valence-corrected chi connectivity index (χ2v) is 8.13. The summed E-state index contributed by atoms with van der Waals surface area (Å²) >= 11 is 0. The van der Waals surface area contributed by atoms with E-state index in [1.54, 1.807) is 6.26 Å². The Morgan fingerprint density at radius 2 is 1.59 bits per heavy atom. The van der Waals surface area contributed by atoms with Crippen molar-refractivity contribution in [3.63, 3.8) is 0 Å². The van der Waals surface area contributed by atoms with Crippen LogP contribution in [0.2, 0.25) is 0 Å². The molecule has 156 valence electrons. The number of benzene rings is 4. The van der Waals surface area contributed by atoms with Gasteiger partial charge in [0.2, 0.25) is 11.8 Å². The normalized spacial score (nSPS) is 16.6. The van der Waals surface area contributed by atoms with Crippen LogP contribution in [0, 0.1) is 0 Å². The van der Waals surface area contributed by atoms with Crippen molar-refractivity contribution in [2.75, 3.05) is 0 Å². The smallest absolute Gasteiger partial charge is 0.234 e. The molecule has 0 radical (unpaired) electrons. The van der Waals surface area contributed by atoms with Gasteiger partial charge in [0, 0.05) is 17.4 Å². The maximum atomic E-state index is 12.4. The number of hydrogen-bond acceptors (Lipinski definition) is 4. The monoisotopic (exact) mass is 421 g/mol. The molecule has 5 aromatic rings. The first-order valence-electron chi connectivity index (χ1n) is 10.6. The lowest BCUT2D eigenvalue weighted by atomic mass is 9.89. The summed E-state index contributed by atoms with van der Waals surface area (Å²) in [5.74, 6) is 0.625. The van der Waals surface area contributed by atoms with E-state index in [4.69, 9.17) is 9.15 Å². The Morgan fingerprint density at radius 1 is 0.844 bits per heavy atom. The van der Waals surface area contributed by atoms with Crippen molar-refractivity contribution in [2.45, 2.75) is 18.8 Å². The van der Waals surface area contributed by atoms with Crippen molar-refractivity contribution < 1.29 is 18.7 Å². The maximum Gasteiger partial charge on any atom is 0.234 e. The molecule has 1 aliphatic rings. The average molecular weight is 421 g/mol. The molecule has 32 heavy (non-hydrogen) atoms. The molecule has 5 heteroatoms. The maximum absolute atomic E-state index is 12.4. The van der Waals surface area contributed by atoms with E-state index in [-0.39, 0.29) is 11.8 Å². The van der Waals surface area contributed by atoms with Gasteiger partial charge in [-0.25, -0.2) is 0 Å². The van der Waals surface area contributed by atoms with Crippen LogP contribution in [0.3, 0.4) is 0 Å². The van der Waals surface area contributed by atoms with Gasteiger partial charge in [-0.2, -0.15) is 0 Å². The van der Waals surface area contributed by atoms with Gasteiger partial charge in [-0.3, -0.25) is 14.9 Å². The van der Waals surface area contributed by atoms with Crippen LogP contribution in [0.1, 0.15) is 24.3 Å². The minimum absolute atomic E-state index is 0.223. The molecule has 1 fully saturated rings. The summed E-state index contributed by atoms with van der Waals surface area (Å²) in [6.07, 6.45) is 2.46. The summed E-state index contributed by atoms with van der Waals surface area (Å²) in [5, 5.41) is 7.62. The van der Waals surface area contributed by atoms with E-state index in [0.717, 1.165) is 44.2 Å². The highest BCUT2D eigenvalue weighted by molar-refractivity contribution is 6.10. The molecule has 1 N–H and O–H groups in total. The third-order valence-corrected chi connectivity index (χ3v) is 6.13. The minimum atomic E-state index is -0.395. The van der Waals surface area contributed by atoms with E-state index in [1.165, 1.54) is 5.39 Å². The number of imide groups is 1. The minimum Gasteiger partial charge on any atom is -0.464 e. The zero-order chi connectivity index (χ0) is 21.7. The number of amides is 2. The lowest BCUT2D eigenvalue weighted by molar-refractivity contribution is -0.134. The standard InChI is InChI=1S/C27H19NO4/c29-25-12-10-22(27(30)28-25)23-15-31-24-11-6-18-14-20(8-9-21(18)26(23)24)32-19-7-5-16-3-1-2-4-17(16)13-19/h1-9,11,13-15,22H,10,12H2,(H,28,29,30). The predicted octanol–water partition coefficient (Wildman–Crippen LogP) is 6.05. The van der Waals surface area contributed by atoms with Gasteiger partial charge in [-0.05, 0) is 64.4 Å². The molecule has 1 atom stereocenters. The number of ether oxygens (including phenoxy) is 1. The Balaban J connectivity index is 1.39. The SMILES string of the molecule is O=C1CCC(c2coc3ccc4cc(Oc5ccc6ccccc6c5)ccc4c23)C(=O)N1. The number of carbonyl (C=O) groups excluding carboxylic acids is 2. The van der Waals surface area contributed by atoms with E-state index in [2.05, 4.69) is 17.4 Å². The average Bonchev–Trinajstić information content (AvgIpc) is 3.23. The van der Waals surface area contributed by atoms with Gasteiger partial charge in [0.15, 0.2) is 0 Å². The van der Waals surface area contributed by atoms with Crippen LogP contribution < -0.4 is 10.1 Å². The molecule has 2 amide bonds. The third kappa shape index (κ3) is 3.10. The summed E-state index contributed by atoms with van der Waals surface area (Å²) in [4.78, 5) is 24.0. The second-order valence-electron chi connectivity index (χ2n) is 8.13. The summed E-state index contributed by atoms with van der Waals surface area (Å²) in [5.41, 5.74) is 1.54. The van der Waals surface area contributed by atoms with E-state index >= 15 is 0 Å². The predicted molar refractivity (Wildman–Crippen MR) is 123 cm³/mol. The molecule has 1 unspecified atom stereocenters. The fraction of sp³-hybridized carbons (Fsp3) is 0.111. The fourth-order valence-electron chi connectivity index (χ4n) is 4.55. The molecule has 4 aromatic carbocycles. The quantitative estimate of drug-likeness (QED) is 0.360.